The van der Waals surface area contributed by atoms with Gasteiger partial charge in [-0.25, -0.2) is 0 Å². The number of nitrogens with one attached hydrogen (secondary N) is 2. The fourth-order valence-electron chi connectivity index (χ4n) is 1.30. The normalized spacial score (nSPS) is 9.69. The summed E-state index contributed by atoms with van der Waals surface area (Å²) in [6.45, 7) is 3.19. The van der Waals surface area contributed by atoms with Crippen LogP contribution in [0.5, 0.6) is 0 Å². The van der Waals surface area contributed by atoms with Crippen LogP contribution in [0.25, 0.3) is 0 Å². The summed E-state index contributed by atoms with van der Waals surface area (Å²) in [6, 6.07) is 5.29. The molecule has 0 radical (unpaired) electrons. The van der Waals surface area contributed by atoms with Gasteiger partial charge in [-0.05, 0) is 24.6 Å². The van der Waals surface area contributed by atoms with Gasteiger partial charge in [0.25, 0.3) is 0 Å². The largest absolute Gasteiger partial charge is 0.326 e. The molecule has 86 valence electrons. The Kier molecular flexibility index (Phi) is 4.02. The van der Waals surface area contributed by atoms with Gasteiger partial charge in [0.2, 0.25) is 11.8 Å². The van der Waals surface area contributed by atoms with E-state index in [4.69, 9.17) is 5.73 Å². The number of nitrogens with two attached hydrogens (primary N) is 1. The predicted molar refractivity (Wildman–Crippen MR) is 63.2 cm³/mol. The lowest BCUT2D eigenvalue weighted by Crippen LogP contribution is -2.22. The zero-order valence-electron chi connectivity index (χ0n) is 9.33. The first-order chi connectivity index (χ1) is 7.54. The zero-order valence-corrected chi connectivity index (χ0v) is 9.33. The molecule has 0 aliphatic heterocycles. The molecule has 16 heavy (non-hydrogen) atoms. The monoisotopic (exact) mass is 221 g/mol. The number of anilines is 2. The van der Waals surface area contributed by atoms with Crippen molar-refractivity contribution in [3.63, 3.8) is 0 Å². The Bertz CT molecular complexity index is 416. The molecule has 0 saturated heterocycles. The minimum absolute atomic E-state index is 0.0657. The third kappa shape index (κ3) is 3.06. The lowest BCUT2D eigenvalue weighted by atomic mass is 10.1. The highest BCUT2D eigenvalue weighted by Crippen LogP contribution is 2.23. The minimum atomic E-state index is -0.261. The first-order valence-electron chi connectivity index (χ1n) is 4.91. The van der Waals surface area contributed by atoms with E-state index in [1.165, 1.54) is 6.92 Å². The zero-order chi connectivity index (χ0) is 12.1. The van der Waals surface area contributed by atoms with E-state index in [1.54, 1.807) is 18.2 Å². The predicted octanol–water partition coefficient (Wildman–Crippen LogP) is 0.851. The van der Waals surface area contributed by atoms with E-state index in [2.05, 4.69) is 10.6 Å². The molecule has 2 amide bonds. The van der Waals surface area contributed by atoms with Crippen LogP contribution in [0.15, 0.2) is 18.2 Å². The summed E-state index contributed by atoms with van der Waals surface area (Å²) in [7, 11) is 0. The maximum absolute atomic E-state index is 11.1. The third-order valence-corrected chi connectivity index (χ3v) is 2.10. The van der Waals surface area contributed by atoms with Gasteiger partial charge >= 0.3 is 0 Å². The Hall–Kier alpha value is -1.88. The maximum Gasteiger partial charge on any atom is 0.238 e. The van der Waals surface area contributed by atoms with Crippen molar-refractivity contribution in [3.8, 4) is 0 Å². The molecule has 5 nitrogen and oxygen atoms in total. The molecule has 0 atom stereocenters. The number of hydrogen-bond acceptors (Lipinski definition) is 3. The molecule has 0 aromatic heterocycles. The van der Waals surface area contributed by atoms with E-state index in [0.717, 1.165) is 5.56 Å². The van der Waals surface area contributed by atoms with Gasteiger partial charge in [0.1, 0.15) is 0 Å². The first kappa shape index (κ1) is 12.2. The molecular weight excluding hydrogens is 206 g/mol. The third-order valence-electron chi connectivity index (χ3n) is 2.10. The van der Waals surface area contributed by atoms with Crippen LogP contribution in [0.4, 0.5) is 11.4 Å². The highest BCUT2D eigenvalue weighted by Gasteiger charge is 2.06. The Morgan fingerprint density at radius 2 is 1.81 bits per heavy atom. The van der Waals surface area contributed by atoms with Gasteiger partial charge in [-0.1, -0.05) is 6.07 Å². The van der Waals surface area contributed by atoms with Crippen molar-refractivity contribution in [2.24, 2.45) is 5.73 Å². The fraction of sp³-hybridized carbons (Fsp3) is 0.273. The summed E-state index contributed by atoms with van der Waals surface area (Å²) >= 11 is 0. The van der Waals surface area contributed by atoms with Crippen molar-refractivity contribution in [3.05, 3.63) is 23.8 Å². The minimum Gasteiger partial charge on any atom is -0.326 e. The smallest absolute Gasteiger partial charge is 0.238 e. The van der Waals surface area contributed by atoms with Crippen LogP contribution in [-0.4, -0.2) is 18.4 Å². The summed E-state index contributed by atoms with van der Waals surface area (Å²) in [5.41, 5.74) is 7.35. The second kappa shape index (κ2) is 5.27. The Morgan fingerprint density at radius 3 is 2.31 bits per heavy atom. The van der Waals surface area contributed by atoms with Crippen molar-refractivity contribution < 1.29 is 9.59 Å². The Balaban J connectivity index is 2.94. The number of benzene rings is 1. The first-order valence-corrected chi connectivity index (χ1v) is 4.91. The van der Waals surface area contributed by atoms with Crippen molar-refractivity contribution in [2.75, 3.05) is 17.2 Å². The fourth-order valence-corrected chi connectivity index (χ4v) is 1.30. The van der Waals surface area contributed by atoms with Gasteiger partial charge in [0.05, 0.1) is 6.54 Å². The van der Waals surface area contributed by atoms with E-state index in [-0.39, 0.29) is 18.4 Å². The maximum atomic E-state index is 11.1. The van der Waals surface area contributed by atoms with Crippen LogP contribution in [0.3, 0.4) is 0 Å². The molecule has 0 fully saturated rings. The van der Waals surface area contributed by atoms with Gasteiger partial charge in [-0.3, -0.25) is 9.59 Å². The molecule has 0 saturated carbocycles. The average Bonchev–Trinajstić information content (AvgIpc) is 2.23. The van der Waals surface area contributed by atoms with Crippen LogP contribution in [0.2, 0.25) is 0 Å². The molecule has 1 aromatic carbocycles. The Labute approximate surface area is 94.0 Å². The van der Waals surface area contributed by atoms with Crippen LogP contribution >= 0.6 is 0 Å². The van der Waals surface area contributed by atoms with Gasteiger partial charge in [-0.2, -0.15) is 0 Å². The lowest BCUT2D eigenvalue weighted by molar-refractivity contribution is -0.115. The summed E-state index contributed by atoms with van der Waals surface area (Å²) < 4.78 is 0. The van der Waals surface area contributed by atoms with E-state index in [0.29, 0.717) is 11.4 Å². The quantitative estimate of drug-likeness (QED) is 0.707. The van der Waals surface area contributed by atoms with Crippen molar-refractivity contribution in [1.82, 2.24) is 0 Å². The standard InChI is InChI=1S/C11H15N3O2/c1-7-9(13-8(2)15)4-3-5-10(7)14-11(16)6-12/h3-5H,6,12H2,1-2H3,(H,13,15)(H,14,16). The molecule has 0 aliphatic carbocycles. The number of rotatable bonds is 3. The van der Waals surface area contributed by atoms with Crippen LogP contribution in [0, 0.1) is 6.92 Å². The molecule has 0 aliphatic rings. The SMILES string of the molecule is CC(=O)Nc1cccc(NC(=O)CN)c1C. The second-order valence-corrected chi connectivity index (χ2v) is 3.41. The van der Waals surface area contributed by atoms with Crippen molar-refractivity contribution in [1.29, 1.82) is 0 Å². The van der Waals surface area contributed by atoms with Gasteiger partial charge < -0.3 is 16.4 Å². The molecular formula is C11H15N3O2. The summed E-state index contributed by atoms with van der Waals surface area (Å²) in [4.78, 5) is 22.1. The Morgan fingerprint density at radius 1 is 1.25 bits per heavy atom. The molecule has 0 bridgehead atoms. The molecule has 1 rings (SSSR count). The number of carbonyl (C=O) groups is 2. The highest BCUT2D eigenvalue weighted by atomic mass is 16.2. The number of carbonyl (C=O) groups excluding carboxylic acids is 2. The van der Waals surface area contributed by atoms with E-state index in [1.807, 2.05) is 6.92 Å². The van der Waals surface area contributed by atoms with Crippen molar-refractivity contribution in [2.45, 2.75) is 13.8 Å². The molecule has 0 heterocycles. The van der Waals surface area contributed by atoms with Crippen LogP contribution in [-0.2, 0) is 9.59 Å². The molecule has 5 heteroatoms. The topological polar surface area (TPSA) is 84.2 Å². The molecule has 0 unspecified atom stereocenters. The average molecular weight is 221 g/mol. The van der Waals surface area contributed by atoms with Gasteiger partial charge in [-0.15, -0.1) is 0 Å². The number of hydrogen-bond donors (Lipinski definition) is 3. The van der Waals surface area contributed by atoms with Crippen LogP contribution < -0.4 is 16.4 Å². The summed E-state index contributed by atoms with van der Waals surface area (Å²) in [5.74, 6) is -0.409. The van der Waals surface area contributed by atoms with Gasteiger partial charge in [0, 0.05) is 18.3 Å². The molecule has 1 aromatic rings. The van der Waals surface area contributed by atoms with Gasteiger partial charge in [0.15, 0.2) is 0 Å². The highest BCUT2D eigenvalue weighted by molar-refractivity contribution is 5.95. The lowest BCUT2D eigenvalue weighted by Gasteiger charge is -2.12. The van der Waals surface area contributed by atoms with Crippen LogP contribution in [0.1, 0.15) is 12.5 Å². The van der Waals surface area contributed by atoms with Crippen molar-refractivity contribution >= 4 is 23.2 Å². The molecule has 0 spiro atoms. The van der Waals surface area contributed by atoms with E-state index in [9.17, 15) is 9.59 Å². The summed E-state index contributed by atoms with van der Waals surface area (Å²) in [6.07, 6.45) is 0. The molecule has 4 N–H and O–H groups in total. The summed E-state index contributed by atoms with van der Waals surface area (Å²) in [5, 5.41) is 5.34. The number of amides is 2. The van der Waals surface area contributed by atoms with E-state index < -0.39 is 0 Å². The van der Waals surface area contributed by atoms with E-state index >= 15 is 0 Å². The second-order valence-electron chi connectivity index (χ2n) is 3.41.